The molecule has 0 aromatic carbocycles. The Hall–Kier alpha value is -0.420. The largest absolute Gasteiger partial charge is 0.370 e. The van der Waals surface area contributed by atoms with Crippen molar-refractivity contribution in [1.29, 1.82) is 0 Å². The summed E-state index contributed by atoms with van der Waals surface area (Å²) in [4.78, 5) is 14.1. The summed E-state index contributed by atoms with van der Waals surface area (Å²) in [6.07, 6.45) is 0.00217. The minimum absolute atomic E-state index is 0.0132. The van der Waals surface area contributed by atoms with Crippen LogP contribution in [0.5, 0.6) is 0 Å². The highest BCUT2D eigenvalue weighted by atomic mass is 35.5. The zero-order valence-corrected chi connectivity index (χ0v) is 11.8. The van der Waals surface area contributed by atoms with Gasteiger partial charge in [0.1, 0.15) is 0 Å². The molecular weight excluding hydrogens is 276 g/mol. The first kappa shape index (κ1) is 15.0. The van der Waals surface area contributed by atoms with Crippen molar-refractivity contribution in [3.63, 3.8) is 0 Å². The summed E-state index contributed by atoms with van der Waals surface area (Å²) in [6.45, 7) is 2.90. The van der Waals surface area contributed by atoms with E-state index in [9.17, 15) is 13.6 Å². The van der Waals surface area contributed by atoms with Crippen LogP contribution in [0.25, 0.3) is 0 Å². The Bertz CT molecular complexity index is 331. The van der Waals surface area contributed by atoms with Crippen molar-refractivity contribution >= 4 is 17.5 Å². The third-order valence-electron chi connectivity index (χ3n) is 3.88. The number of hydrogen-bond acceptors (Lipinski definition) is 2. The minimum atomic E-state index is -2.59. The average Bonchev–Trinajstić information content (AvgIpc) is 2.37. The fourth-order valence-electron chi connectivity index (χ4n) is 2.86. The Morgan fingerprint density at radius 2 is 2.00 bits per heavy atom. The molecule has 1 saturated heterocycles. The van der Waals surface area contributed by atoms with Gasteiger partial charge in [0.15, 0.2) is 0 Å². The second-order valence-corrected chi connectivity index (χ2v) is 5.91. The van der Waals surface area contributed by atoms with Gasteiger partial charge < -0.3 is 9.64 Å². The number of nitrogens with zero attached hydrogens (tertiary/aromatic N) is 1. The van der Waals surface area contributed by atoms with E-state index >= 15 is 0 Å². The molecule has 6 heteroatoms. The number of hydrogen-bond donors (Lipinski definition) is 0. The van der Waals surface area contributed by atoms with Gasteiger partial charge >= 0.3 is 0 Å². The summed E-state index contributed by atoms with van der Waals surface area (Å²) in [5.41, 5.74) is 0. The minimum Gasteiger partial charge on any atom is -0.370 e. The molecule has 0 bridgehead atoms. The molecule has 0 N–H and O–H groups in total. The molecule has 1 aliphatic carbocycles. The van der Waals surface area contributed by atoms with E-state index in [1.165, 1.54) is 0 Å². The molecule has 3 nitrogen and oxygen atoms in total. The fourth-order valence-corrected chi connectivity index (χ4v) is 3.03. The highest BCUT2D eigenvalue weighted by Gasteiger charge is 2.39. The Balaban J connectivity index is 1.92. The highest BCUT2D eigenvalue weighted by molar-refractivity contribution is 6.18. The summed E-state index contributed by atoms with van der Waals surface area (Å²) in [7, 11) is 0. The van der Waals surface area contributed by atoms with Crippen LogP contribution >= 0.6 is 11.6 Å². The van der Waals surface area contributed by atoms with Crippen LogP contribution in [0.4, 0.5) is 8.78 Å². The van der Waals surface area contributed by atoms with Crippen LogP contribution in [0.3, 0.4) is 0 Å². The number of carbonyl (C=O) groups excluding carboxylic acids is 1. The molecule has 2 fully saturated rings. The fraction of sp³-hybridized carbons (Fsp3) is 0.923. The van der Waals surface area contributed by atoms with Crippen LogP contribution in [0.15, 0.2) is 0 Å². The number of amides is 1. The van der Waals surface area contributed by atoms with Gasteiger partial charge in [0, 0.05) is 31.8 Å². The van der Waals surface area contributed by atoms with Gasteiger partial charge in [-0.05, 0) is 19.8 Å². The first-order chi connectivity index (χ1) is 8.91. The summed E-state index contributed by atoms with van der Waals surface area (Å²) < 4.78 is 31.8. The highest BCUT2D eigenvalue weighted by Crippen LogP contribution is 2.37. The van der Waals surface area contributed by atoms with Crippen molar-refractivity contribution < 1.29 is 18.3 Å². The smallest absolute Gasteiger partial charge is 0.248 e. The number of carbonyl (C=O) groups is 1. The van der Waals surface area contributed by atoms with Crippen molar-refractivity contribution in [1.82, 2.24) is 4.90 Å². The van der Waals surface area contributed by atoms with Crippen LogP contribution in [-0.4, -0.2) is 47.9 Å². The molecule has 1 saturated carbocycles. The lowest BCUT2D eigenvalue weighted by atomic mass is 9.85. The quantitative estimate of drug-likeness (QED) is 0.733. The van der Waals surface area contributed by atoms with E-state index in [0.29, 0.717) is 19.0 Å². The Morgan fingerprint density at radius 3 is 2.58 bits per heavy atom. The van der Waals surface area contributed by atoms with Gasteiger partial charge in [0.05, 0.1) is 18.1 Å². The van der Waals surface area contributed by atoms with E-state index in [2.05, 4.69) is 0 Å². The molecular formula is C13H20ClF2NO2. The molecule has 2 aliphatic rings. The molecule has 110 valence electrons. The lowest BCUT2D eigenvalue weighted by molar-refractivity contribution is -0.150. The number of alkyl halides is 3. The van der Waals surface area contributed by atoms with Gasteiger partial charge in [-0.25, -0.2) is 8.78 Å². The molecule has 1 aliphatic heterocycles. The van der Waals surface area contributed by atoms with Crippen molar-refractivity contribution in [3.8, 4) is 0 Å². The normalized spacial score (nSPS) is 32.3. The molecule has 1 amide bonds. The molecule has 2 rings (SSSR count). The van der Waals surface area contributed by atoms with Crippen molar-refractivity contribution in [2.75, 3.05) is 19.0 Å². The lowest BCUT2D eigenvalue weighted by Crippen LogP contribution is -2.52. The second kappa shape index (κ2) is 5.92. The third-order valence-corrected chi connectivity index (χ3v) is 4.22. The summed E-state index contributed by atoms with van der Waals surface area (Å²) in [5.74, 6) is -2.52. The van der Waals surface area contributed by atoms with Gasteiger partial charge in [-0.3, -0.25) is 4.79 Å². The average molecular weight is 296 g/mol. The molecule has 2 unspecified atom stereocenters. The molecule has 0 aromatic rings. The van der Waals surface area contributed by atoms with Crippen LogP contribution < -0.4 is 0 Å². The summed E-state index contributed by atoms with van der Waals surface area (Å²) in [5, 5.41) is 0. The second-order valence-electron chi connectivity index (χ2n) is 5.60. The van der Waals surface area contributed by atoms with Gasteiger partial charge in [-0.1, -0.05) is 0 Å². The zero-order valence-electron chi connectivity index (χ0n) is 11.1. The van der Waals surface area contributed by atoms with Gasteiger partial charge in [-0.2, -0.15) is 0 Å². The Morgan fingerprint density at radius 1 is 1.37 bits per heavy atom. The maximum absolute atomic E-state index is 13.1. The maximum atomic E-state index is 13.1. The van der Waals surface area contributed by atoms with E-state index in [-0.39, 0.29) is 49.7 Å². The van der Waals surface area contributed by atoms with Crippen LogP contribution in [0, 0.1) is 5.92 Å². The lowest BCUT2D eigenvalue weighted by Gasteiger charge is -2.39. The molecule has 19 heavy (non-hydrogen) atoms. The van der Waals surface area contributed by atoms with Crippen molar-refractivity contribution in [2.24, 2.45) is 5.92 Å². The number of ether oxygens (including phenoxy) is 1. The first-order valence-corrected chi connectivity index (χ1v) is 7.33. The Labute approximate surface area is 117 Å². The van der Waals surface area contributed by atoms with Crippen molar-refractivity contribution in [3.05, 3.63) is 0 Å². The summed E-state index contributed by atoms with van der Waals surface area (Å²) in [6, 6.07) is 0. The third kappa shape index (κ3) is 3.78. The monoisotopic (exact) mass is 295 g/mol. The van der Waals surface area contributed by atoms with Crippen LogP contribution in [-0.2, 0) is 9.53 Å². The predicted molar refractivity (Wildman–Crippen MR) is 68.5 cm³/mol. The standard InChI is InChI=1S/C13H20ClF2NO2/c1-9-7-17(8-11(6-14)19-9)12(18)10-2-4-13(15,16)5-3-10/h9-11H,2-8H2,1H3. The van der Waals surface area contributed by atoms with E-state index in [1.54, 1.807) is 4.90 Å². The molecule has 0 spiro atoms. The molecule has 0 aromatic heterocycles. The summed E-state index contributed by atoms with van der Waals surface area (Å²) >= 11 is 5.78. The number of rotatable bonds is 2. The topological polar surface area (TPSA) is 29.5 Å². The number of morpholine rings is 1. The van der Waals surface area contributed by atoms with Crippen LogP contribution in [0.1, 0.15) is 32.6 Å². The van der Waals surface area contributed by atoms with Crippen LogP contribution in [0.2, 0.25) is 0 Å². The maximum Gasteiger partial charge on any atom is 0.248 e. The van der Waals surface area contributed by atoms with Gasteiger partial charge in [-0.15, -0.1) is 11.6 Å². The zero-order chi connectivity index (χ0) is 14.0. The molecule has 0 radical (unpaired) electrons. The predicted octanol–water partition coefficient (Wildman–Crippen LogP) is 2.67. The van der Waals surface area contributed by atoms with Gasteiger partial charge in [0.2, 0.25) is 11.8 Å². The van der Waals surface area contributed by atoms with E-state index < -0.39 is 5.92 Å². The first-order valence-electron chi connectivity index (χ1n) is 6.79. The van der Waals surface area contributed by atoms with E-state index in [4.69, 9.17) is 16.3 Å². The SMILES string of the molecule is CC1CN(C(=O)C2CCC(F)(F)CC2)CC(CCl)O1. The number of halogens is 3. The molecule has 1 heterocycles. The van der Waals surface area contributed by atoms with Gasteiger partial charge in [0.25, 0.3) is 0 Å². The van der Waals surface area contributed by atoms with E-state index in [0.717, 1.165) is 0 Å². The Kier molecular flexibility index (Phi) is 4.66. The van der Waals surface area contributed by atoms with Crippen molar-refractivity contribution in [2.45, 2.75) is 50.7 Å². The molecule has 2 atom stereocenters. The van der Waals surface area contributed by atoms with E-state index in [1.807, 2.05) is 6.92 Å².